The van der Waals surface area contributed by atoms with Crippen molar-refractivity contribution in [2.45, 2.75) is 44.2 Å². The molecule has 1 saturated carbocycles. The van der Waals surface area contributed by atoms with Gasteiger partial charge < -0.3 is 10.2 Å². The Hall–Kier alpha value is -2.38. The number of piperidine rings is 1. The van der Waals surface area contributed by atoms with Crippen molar-refractivity contribution in [3.05, 3.63) is 82.1 Å². The van der Waals surface area contributed by atoms with Gasteiger partial charge >= 0.3 is 0 Å². The van der Waals surface area contributed by atoms with E-state index < -0.39 is 29.3 Å². The molecule has 1 atom stereocenters. The Balaban J connectivity index is 1.39. The number of nitrogens with zero attached hydrogens (tertiary/aromatic N) is 2. The zero-order valence-electron chi connectivity index (χ0n) is 18.6. The Morgan fingerprint density at radius 2 is 1.39 bits per heavy atom. The Kier molecular flexibility index (Phi) is 6.43. The van der Waals surface area contributed by atoms with E-state index in [1.807, 2.05) is 0 Å². The second-order valence-corrected chi connectivity index (χ2v) is 9.26. The molecule has 0 spiro atoms. The predicted molar refractivity (Wildman–Crippen MR) is 120 cm³/mol. The number of hydrogen-bond acceptors (Lipinski definition) is 3. The van der Waals surface area contributed by atoms with Gasteiger partial charge in [-0.3, -0.25) is 4.90 Å². The molecule has 3 nitrogen and oxygen atoms in total. The standard InChI is InChI=1S/C26H29F4N3/c27-20-8-6-18(15-22(20)29)25(19-7-9-21(28)23(30)16-19)32-11-13-33(14-12-32)26(17-4-5-17)24-3-1-2-10-31-24/h6-9,15-16,24-25,31H,1-5,10-14H2/t24-/m0/s1. The monoisotopic (exact) mass is 459 g/mol. The van der Waals surface area contributed by atoms with Crippen LogP contribution in [0.1, 0.15) is 49.3 Å². The highest BCUT2D eigenvalue weighted by Crippen LogP contribution is 2.38. The van der Waals surface area contributed by atoms with Crippen molar-refractivity contribution < 1.29 is 17.6 Å². The van der Waals surface area contributed by atoms with E-state index in [-0.39, 0.29) is 0 Å². The number of halogens is 4. The molecule has 3 aliphatic rings. The third kappa shape index (κ3) is 4.80. The van der Waals surface area contributed by atoms with Gasteiger partial charge in [-0.2, -0.15) is 0 Å². The fourth-order valence-corrected chi connectivity index (χ4v) is 5.29. The second-order valence-electron chi connectivity index (χ2n) is 9.26. The molecule has 2 aliphatic heterocycles. The first kappa shape index (κ1) is 22.4. The highest BCUT2D eigenvalue weighted by molar-refractivity contribution is 5.34. The van der Waals surface area contributed by atoms with Gasteiger partial charge in [-0.25, -0.2) is 17.6 Å². The summed E-state index contributed by atoms with van der Waals surface area (Å²) >= 11 is 0. The summed E-state index contributed by atoms with van der Waals surface area (Å²) < 4.78 is 55.4. The van der Waals surface area contributed by atoms with E-state index in [4.69, 9.17) is 0 Å². The van der Waals surface area contributed by atoms with E-state index >= 15 is 0 Å². The molecule has 7 heteroatoms. The molecule has 0 unspecified atom stereocenters. The maximum absolute atomic E-state index is 14.1. The average molecular weight is 460 g/mol. The van der Waals surface area contributed by atoms with E-state index in [1.165, 1.54) is 43.5 Å². The Bertz CT molecular complexity index is 982. The van der Waals surface area contributed by atoms with Crippen LogP contribution >= 0.6 is 0 Å². The minimum atomic E-state index is -0.942. The van der Waals surface area contributed by atoms with Crippen LogP contribution < -0.4 is 5.32 Å². The van der Waals surface area contributed by atoms with Crippen LogP contribution in [0, 0.1) is 23.3 Å². The lowest BCUT2D eigenvalue weighted by Crippen LogP contribution is -2.51. The SMILES string of the molecule is Fc1ccc(C(c2ccc(F)c(F)c2)N2CCN(C(=C3CC3)[C@@H]3CCCCN3)CC2)cc1F. The van der Waals surface area contributed by atoms with Crippen molar-refractivity contribution in [3.8, 4) is 0 Å². The lowest BCUT2D eigenvalue weighted by molar-refractivity contribution is 0.122. The fraction of sp³-hybridized carbons (Fsp3) is 0.462. The summed E-state index contributed by atoms with van der Waals surface area (Å²) in [6.07, 6.45) is 5.95. The summed E-state index contributed by atoms with van der Waals surface area (Å²) in [6, 6.07) is 7.50. The third-order valence-electron chi connectivity index (χ3n) is 7.04. The van der Waals surface area contributed by atoms with E-state index in [9.17, 15) is 17.6 Å². The molecule has 1 N–H and O–H groups in total. The molecule has 0 aromatic heterocycles. The van der Waals surface area contributed by atoms with Crippen molar-refractivity contribution in [2.24, 2.45) is 0 Å². The van der Waals surface area contributed by atoms with Gasteiger partial charge in [-0.1, -0.05) is 18.6 Å². The topological polar surface area (TPSA) is 18.5 Å². The molecule has 2 aromatic rings. The lowest BCUT2D eigenvalue weighted by atomic mass is 9.95. The zero-order valence-corrected chi connectivity index (χ0v) is 18.6. The normalized spacial score (nSPS) is 21.5. The summed E-state index contributed by atoms with van der Waals surface area (Å²) in [7, 11) is 0. The first-order valence-corrected chi connectivity index (χ1v) is 11.9. The quantitative estimate of drug-likeness (QED) is 0.625. The second kappa shape index (κ2) is 9.47. The summed E-state index contributed by atoms with van der Waals surface area (Å²) in [5, 5.41) is 3.68. The Morgan fingerprint density at radius 1 is 0.788 bits per heavy atom. The van der Waals surface area contributed by atoms with Crippen LogP contribution in [-0.4, -0.2) is 48.6 Å². The molecule has 5 rings (SSSR count). The van der Waals surface area contributed by atoms with Crippen molar-refractivity contribution in [1.29, 1.82) is 0 Å². The molecule has 33 heavy (non-hydrogen) atoms. The summed E-state index contributed by atoms with van der Waals surface area (Å²) in [6.45, 7) is 4.04. The van der Waals surface area contributed by atoms with Crippen LogP contribution in [-0.2, 0) is 0 Å². The number of hydrogen-bond donors (Lipinski definition) is 1. The first-order chi connectivity index (χ1) is 16.0. The molecule has 0 amide bonds. The van der Waals surface area contributed by atoms with Gasteiger partial charge in [0.1, 0.15) is 0 Å². The largest absolute Gasteiger partial charge is 0.371 e. The van der Waals surface area contributed by atoms with E-state index in [2.05, 4.69) is 15.1 Å². The average Bonchev–Trinajstić information content (AvgIpc) is 3.66. The van der Waals surface area contributed by atoms with E-state index in [1.54, 1.807) is 5.57 Å². The van der Waals surface area contributed by atoms with Gasteiger partial charge in [0, 0.05) is 37.9 Å². The van der Waals surface area contributed by atoms with Crippen molar-refractivity contribution >= 4 is 0 Å². The summed E-state index contributed by atoms with van der Waals surface area (Å²) in [5.41, 5.74) is 4.05. The van der Waals surface area contributed by atoms with Crippen molar-refractivity contribution in [1.82, 2.24) is 15.1 Å². The van der Waals surface area contributed by atoms with Gasteiger partial charge in [0.25, 0.3) is 0 Å². The van der Waals surface area contributed by atoms with Crippen LogP contribution in [0.4, 0.5) is 17.6 Å². The molecule has 1 aliphatic carbocycles. The van der Waals surface area contributed by atoms with Crippen LogP contribution in [0.15, 0.2) is 47.7 Å². The number of nitrogens with one attached hydrogen (secondary N) is 1. The molecule has 3 fully saturated rings. The van der Waals surface area contributed by atoms with Crippen molar-refractivity contribution in [2.75, 3.05) is 32.7 Å². The molecular weight excluding hydrogens is 430 g/mol. The first-order valence-electron chi connectivity index (χ1n) is 11.9. The van der Waals surface area contributed by atoms with Gasteiger partial charge in [0.2, 0.25) is 0 Å². The predicted octanol–water partition coefficient (Wildman–Crippen LogP) is 5.14. The smallest absolute Gasteiger partial charge is 0.159 e. The summed E-state index contributed by atoms with van der Waals surface area (Å²) in [4.78, 5) is 4.62. The van der Waals surface area contributed by atoms with Crippen molar-refractivity contribution in [3.63, 3.8) is 0 Å². The maximum atomic E-state index is 14.1. The van der Waals surface area contributed by atoms with E-state index in [0.717, 1.165) is 50.3 Å². The van der Waals surface area contributed by atoms with Gasteiger partial charge in [-0.05, 0) is 73.2 Å². The van der Waals surface area contributed by atoms with Crippen LogP contribution in [0.25, 0.3) is 0 Å². The molecule has 0 bridgehead atoms. The number of rotatable bonds is 5. The van der Waals surface area contributed by atoms with Crippen LogP contribution in [0.5, 0.6) is 0 Å². The Morgan fingerprint density at radius 3 is 1.88 bits per heavy atom. The fourth-order valence-electron chi connectivity index (χ4n) is 5.29. The Labute approximate surface area is 192 Å². The summed E-state index contributed by atoms with van der Waals surface area (Å²) in [5.74, 6) is -3.73. The molecule has 0 radical (unpaired) electrons. The van der Waals surface area contributed by atoms with Crippen LogP contribution in [0.2, 0.25) is 0 Å². The van der Waals surface area contributed by atoms with Gasteiger partial charge in [-0.15, -0.1) is 0 Å². The lowest BCUT2D eigenvalue weighted by Gasteiger charge is -2.43. The highest BCUT2D eigenvalue weighted by Gasteiger charge is 2.33. The van der Waals surface area contributed by atoms with Gasteiger partial charge in [0.15, 0.2) is 23.3 Å². The molecule has 2 saturated heterocycles. The van der Waals surface area contributed by atoms with Crippen LogP contribution in [0.3, 0.4) is 0 Å². The molecule has 2 aromatic carbocycles. The number of piperazine rings is 1. The van der Waals surface area contributed by atoms with E-state index in [0.29, 0.717) is 30.3 Å². The zero-order chi connectivity index (χ0) is 22.9. The highest BCUT2D eigenvalue weighted by atomic mass is 19.2. The maximum Gasteiger partial charge on any atom is 0.159 e. The minimum Gasteiger partial charge on any atom is -0.371 e. The minimum absolute atomic E-state index is 0.413. The molecule has 2 heterocycles. The number of allylic oxidation sites excluding steroid dienone is 1. The third-order valence-corrected chi connectivity index (χ3v) is 7.04. The molecule has 176 valence electrons. The van der Waals surface area contributed by atoms with Gasteiger partial charge in [0.05, 0.1) is 6.04 Å². The molecular formula is C26H29F4N3. The number of benzene rings is 2.